The molecule has 8 heteroatoms. The van der Waals surface area contributed by atoms with E-state index in [4.69, 9.17) is 4.74 Å². The quantitative estimate of drug-likeness (QED) is 0.206. The summed E-state index contributed by atoms with van der Waals surface area (Å²) < 4.78 is 5.04. The summed E-state index contributed by atoms with van der Waals surface area (Å²) in [4.78, 5) is 44.8. The number of esters is 1. The Labute approximate surface area is 265 Å². The zero-order valence-corrected chi connectivity index (χ0v) is 25.7. The van der Waals surface area contributed by atoms with Crippen LogP contribution in [0.15, 0.2) is 115 Å². The third-order valence-electron chi connectivity index (χ3n) is 8.01. The van der Waals surface area contributed by atoms with Crippen LogP contribution < -0.4 is 5.32 Å². The number of benzene rings is 4. The van der Waals surface area contributed by atoms with Crippen molar-refractivity contribution >= 4 is 23.6 Å². The van der Waals surface area contributed by atoms with Crippen LogP contribution >= 0.6 is 0 Å². The molecule has 0 aromatic heterocycles. The van der Waals surface area contributed by atoms with E-state index in [1.807, 2.05) is 47.4 Å². The van der Waals surface area contributed by atoms with Crippen LogP contribution in [0.2, 0.25) is 0 Å². The molecule has 0 unspecified atom stereocenters. The van der Waals surface area contributed by atoms with Crippen LogP contribution in [-0.2, 0) is 16.1 Å². The summed E-state index contributed by atoms with van der Waals surface area (Å²) in [6.07, 6.45) is 0.225. The highest BCUT2D eigenvalue weighted by molar-refractivity contribution is 5.92. The van der Waals surface area contributed by atoms with Crippen molar-refractivity contribution in [2.75, 3.05) is 44.6 Å². The number of urea groups is 1. The Kier molecular flexibility index (Phi) is 11.0. The number of carbonyl (C=O) groups excluding carboxylic acids is 3. The van der Waals surface area contributed by atoms with E-state index in [9.17, 15) is 14.4 Å². The number of hydrogen-bond donors (Lipinski definition) is 1. The highest BCUT2D eigenvalue weighted by Crippen LogP contribution is 2.29. The molecule has 1 fully saturated rings. The van der Waals surface area contributed by atoms with Crippen molar-refractivity contribution < 1.29 is 19.1 Å². The Bertz CT molecular complexity index is 1480. The number of hydrogen-bond acceptors (Lipinski definition) is 5. The van der Waals surface area contributed by atoms with Crippen molar-refractivity contribution in [3.05, 3.63) is 138 Å². The summed E-state index contributed by atoms with van der Waals surface area (Å²) in [7, 11) is 0. The second-order valence-electron chi connectivity index (χ2n) is 11.0. The minimum Gasteiger partial charge on any atom is -0.462 e. The molecule has 4 aromatic rings. The normalized spacial score (nSPS) is 13.3. The molecule has 232 valence electrons. The van der Waals surface area contributed by atoms with Crippen LogP contribution in [0.4, 0.5) is 10.5 Å². The Morgan fingerprint density at radius 2 is 1.31 bits per heavy atom. The van der Waals surface area contributed by atoms with Gasteiger partial charge in [0.2, 0.25) is 5.91 Å². The zero-order chi connectivity index (χ0) is 31.4. The topological polar surface area (TPSA) is 82.2 Å². The van der Waals surface area contributed by atoms with Gasteiger partial charge in [0, 0.05) is 51.4 Å². The Morgan fingerprint density at radius 3 is 1.87 bits per heavy atom. The number of anilines is 1. The number of carbonyl (C=O) groups is 3. The van der Waals surface area contributed by atoms with Crippen molar-refractivity contribution in [1.29, 1.82) is 0 Å². The average molecular weight is 605 g/mol. The van der Waals surface area contributed by atoms with Crippen molar-refractivity contribution in [2.24, 2.45) is 0 Å². The maximum Gasteiger partial charge on any atom is 0.338 e. The summed E-state index contributed by atoms with van der Waals surface area (Å²) >= 11 is 0. The summed E-state index contributed by atoms with van der Waals surface area (Å²) in [6, 6.07) is 37.1. The molecule has 1 aliphatic heterocycles. The first kappa shape index (κ1) is 31.5. The minimum absolute atomic E-state index is 0.0373. The van der Waals surface area contributed by atoms with Gasteiger partial charge in [-0.3, -0.25) is 9.69 Å². The monoisotopic (exact) mass is 604 g/mol. The van der Waals surface area contributed by atoms with E-state index in [1.165, 1.54) is 11.1 Å². The first-order chi connectivity index (χ1) is 22.0. The molecule has 0 saturated carbocycles. The third-order valence-corrected chi connectivity index (χ3v) is 8.01. The van der Waals surface area contributed by atoms with Crippen LogP contribution in [0.25, 0.3) is 0 Å². The zero-order valence-electron chi connectivity index (χ0n) is 25.7. The largest absolute Gasteiger partial charge is 0.462 e. The lowest BCUT2D eigenvalue weighted by Crippen LogP contribution is -2.50. The molecule has 3 amide bonds. The smallest absolute Gasteiger partial charge is 0.338 e. The lowest BCUT2D eigenvalue weighted by Gasteiger charge is -2.40. The van der Waals surface area contributed by atoms with E-state index in [0.29, 0.717) is 37.5 Å². The molecule has 1 heterocycles. The molecule has 0 atom stereocenters. The van der Waals surface area contributed by atoms with Gasteiger partial charge in [0.15, 0.2) is 0 Å². The summed E-state index contributed by atoms with van der Waals surface area (Å²) in [6.45, 7) is 5.47. The fourth-order valence-electron chi connectivity index (χ4n) is 5.67. The van der Waals surface area contributed by atoms with E-state index < -0.39 is 5.97 Å². The predicted molar refractivity (Wildman–Crippen MR) is 176 cm³/mol. The van der Waals surface area contributed by atoms with Gasteiger partial charge in [0.05, 0.1) is 18.2 Å². The highest BCUT2D eigenvalue weighted by Gasteiger charge is 2.28. The van der Waals surface area contributed by atoms with Crippen LogP contribution in [0.1, 0.15) is 46.4 Å². The Balaban J connectivity index is 1.20. The average Bonchev–Trinajstić information content (AvgIpc) is 3.09. The summed E-state index contributed by atoms with van der Waals surface area (Å²) in [5.41, 5.74) is 4.42. The number of amides is 3. The molecular formula is C37H40N4O4. The molecule has 1 saturated heterocycles. The van der Waals surface area contributed by atoms with Crippen molar-refractivity contribution in [3.8, 4) is 0 Å². The number of rotatable bonds is 11. The van der Waals surface area contributed by atoms with Gasteiger partial charge in [-0.15, -0.1) is 0 Å². The fraction of sp³-hybridized carbons (Fsp3) is 0.270. The molecule has 45 heavy (non-hydrogen) atoms. The maximum absolute atomic E-state index is 13.4. The van der Waals surface area contributed by atoms with E-state index >= 15 is 0 Å². The van der Waals surface area contributed by atoms with E-state index in [0.717, 1.165) is 18.7 Å². The van der Waals surface area contributed by atoms with Gasteiger partial charge in [-0.25, -0.2) is 9.59 Å². The van der Waals surface area contributed by atoms with Crippen LogP contribution in [-0.4, -0.2) is 71.9 Å². The van der Waals surface area contributed by atoms with E-state index in [1.54, 1.807) is 36.1 Å². The van der Waals surface area contributed by atoms with Crippen LogP contribution in [0.3, 0.4) is 0 Å². The number of ether oxygens (including phenoxy) is 1. The van der Waals surface area contributed by atoms with Crippen molar-refractivity contribution in [1.82, 2.24) is 14.7 Å². The fourth-order valence-corrected chi connectivity index (χ4v) is 5.67. The number of nitrogens with zero attached hydrogens (tertiary/aromatic N) is 3. The van der Waals surface area contributed by atoms with Gasteiger partial charge < -0.3 is 19.9 Å². The van der Waals surface area contributed by atoms with E-state index in [-0.39, 0.29) is 30.9 Å². The molecule has 0 radical (unpaired) electrons. The molecular weight excluding hydrogens is 564 g/mol. The first-order valence-corrected chi connectivity index (χ1v) is 15.5. The Hall–Kier alpha value is -4.95. The molecule has 5 rings (SSSR count). The van der Waals surface area contributed by atoms with Gasteiger partial charge in [-0.05, 0) is 47.9 Å². The van der Waals surface area contributed by atoms with Gasteiger partial charge in [-0.2, -0.15) is 0 Å². The van der Waals surface area contributed by atoms with Crippen LogP contribution in [0, 0.1) is 0 Å². The third kappa shape index (κ3) is 8.58. The van der Waals surface area contributed by atoms with Crippen molar-refractivity contribution in [3.63, 3.8) is 0 Å². The minimum atomic E-state index is -0.406. The standard InChI is InChI=1S/C37H40N4O4/c1-2-45-36(43)32-18-20-33(21-19-32)38-37(44)41(28-29-12-6-3-7-13-29)23-22-34(42)39-24-26-40(27-25-39)35(30-14-8-4-9-15-30)31-16-10-5-11-17-31/h3-21,35H,2,22-28H2,1H3,(H,38,44). The van der Waals surface area contributed by atoms with Crippen molar-refractivity contribution in [2.45, 2.75) is 25.9 Å². The predicted octanol–water partition coefficient (Wildman–Crippen LogP) is 6.22. The SMILES string of the molecule is CCOC(=O)c1ccc(NC(=O)N(CCC(=O)N2CCN(C(c3ccccc3)c3ccccc3)CC2)Cc2ccccc2)cc1. The second-order valence-corrected chi connectivity index (χ2v) is 11.0. The highest BCUT2D eigenvalue weighted by atomic mass is 16.5. The first-order valence-electron chi connectivity index (χ1n) is 15.5. The van der Waals surface area contributed by atoms with Gasteiger partial charge in [0.25, 0.3) is 0 Å². The second kappa shape index (κ2) is 15.7. The summed E-state index contributed by atoms with van der Waals surface area (Å²) in [5.74, 6) is -0.369. The van der Waals surface area contributed by atoms with E-state index in [2.05, 4.69) is 58.7 Å². The number of nitrogens with one attached hydrogen (secondary N) is 1. The summed E-state index contributed by atoms with van der Waals surface area (Å²) in [5, 5.41) is 2.92. The number of piperazine rings is 1. The lowest BCUT2D eigenvalue weighted by molar-refractivity contribution is -0.133. The van der Waals surface area contributed by atoms with Gasteiger partial charge in [0.1, 0.15) is 0 Å². The molecule has 0 bridgehead atoms. The molecule has 0 aliphatic carbocycles. The van der Waals surface area contributed by atoms with Gasteiger partial charge >= 0.3 is 12.0 Å². The molecule has 8 nitrogen and oxygen atoms in total. The van der Waals surface area contributed by atoms with Gasteiger partial charge in [-0.1, -0.05) is 91.0 Å². The maximum atomic E-state index is 13.4. The molecule has 0 spiro atoms. The lowest BCUT2D eigenvalue weighted by atomic mass is 9.96. The molecule has 1 N–H and O–H groups in total. The molecule has 1 aliphatic rings. The molecule has 4 aromatic carbocycles. The van der Waals surface area contributed by atoms with Crippen LogP contribution in [0.5, 0.6) is 0 Å². The Morgan fingerprint density at radius 1 is 0.756 bits per heavy atom.